The van der Waals surface area contributed by atoms with Crippen molar-refractivity contribution in [2.45, 2.75) is 46.0 Å². The van der Waals surface area contributed by atoms with E-state index in [1.54, 1.807) is 10.8 Å². The first-order valence-corrected chi connectivity index (χ1v) is 8.55. The number of carbonyl (C=O) groups excluding carboxylic acids is 1. The topological polar surface area (TPSA) is 72.6 Å². The number of hydrogen-bond donors (Lipinski definition) is 0. The molecule has 1 aliphatic rings. The lowest BCUT2D eigenvalue weighted by molar-refractivity contribution is -0.154. The molecule has 0 spiro atoms. The lowest BCUT2D eigenvalue weighted by Gasteiger charge is -2.40. The number of aromatic nitrogens is 4. The van der Waals surface area contributed by atoms with Crippen LogP contribution in [0, 0.1) is 5.41 Å². The van der Waals surface area contributed by atoms with Gasteiger partial charge in [0.2, 0.25) is 5.65 Å². The summed E-state index contributed by atoms with van der Waals surface area (Å²) < 4.78 is 6.78. The van der Waals surface area contributed by atoms with Crippen molar-refractivity contribution in [3.05, 3.63) is 18.1 Å². The second-order valence-corrected chi connectivity index (χ2v) is 6.82. The van der Waals surface area contributed by atoms with Crippen LogP contribution in [0.4, 0.5) is 5.69 Å². The van der Waals surface area contributed by atoms with Crippen molar-refractivity contribution < 1.29 is 9.53 Å². The Morgan fingerprint density at radius 1 is 1.38 bits per heavy atom. The summed E-state index contributed by atoms with van der Waals surface area (Å²) in [5.41, 5.74) is 2.46. The van der Waals surface area contributed by atoms with Crippen molar-refractivity contribution in [3.63, 3.8) is 0 Å². The summed E-state index contributed by atoms with van der Waals surface area (Å²) in [4.78, 5) is 14.5. The highest BCUT2D eigenvalue weighted by molar-refractivity contribution is 5.77. The van der Waals surface area contributed by atoms with Gasteiger partial charge >= 0.3 is 5.97 Å². The van der Waals surface area contributed by atoms with Crippen LogP contribution in [0.15, 0.2) is 12.4 Å². The van der Waals surface area contributed by atoms with E-state index in [-0.39, 0.29) is 11.4 Å². The van der Waals surface area contributed by atoms with Crippen molar-refractivity contribution in [2.75, 3.05) is 25.1 Å². The van der Waals surface area contributed by atoms with Gasteiger partial charge in [0.25, 0.3) is 0 Å². The molecule has 0 amide bonds. The Balaban J connectivity index is 1.90. The summed E-state index contributed by atoms with van der Waals surface area (Å²) in [6.07, 6.45) is 4.02. The molecule has 24 heavy (non-hydrogen) atoms. The standard InChI is InChI=1S/C17H25N5O2/c1-5-17(16(23)24-4)6-8-21(9-7-17)14-10-13(12(2)3)20-22-11-18-19-15(14)22/h10-12H,5-9H2,1-4H3. The van der Waals surface area contributed by atoms with E-state index in [2.05, 4.69) is 47.0 Å². The van der Waals surface area contributed by atoms with Gasteiger partial charge in [-0.1, -0.05) is 20.8 Å². The van der Waals surface area contributed by atoms with Gasteiger partial charge in [-0.15, -0.1) is 10.2 Å². The molecule has 2 aromatic heterocycles. The van der Waals surface area contributed by atoms with Crippen LogP contribution >= 0.6 is 0 Å². The summed E-state index contributed by atoms with van der Waals surface area (Å²) in [6.45, 7) is 7.91. The highest BCUT2D eigenvalue weighted by Crippen LogP contribution is 2.38. The molecule has 0 unspecified atom stereocenters. The number of rotatable bonds is 4. The number of esters is 1. The van der Waals surface area contributed by atoms with Gasteiger partial charge in [-0.3, -0.25) is 4.79 Å². The molecule has 1 saturated heterocycles. The molecule has 0 aromatic carbocycles. The van der Waals surface area contributed by atoms with Gasteiger partial charge < -0.3 is 9.64 Å². The first-order valence-electron chi connectivity index (χ1n) is 8.55. The molecule has 0 N–H and O–H groups in total. The maximum absolute atomic E-state index is 12.2. The van der Waals surface area contributed by atoms with Crippen LogP contribution in [0.25, 0.3) is 5.65 Å². The van der Waals surface area contributed by atoms with Gasteiger partial charge in [-0.2, -0.15) is 9.61 Å². The molecule has 7 nitrogen and oxygen atoms in total. The molecule has 1 aliphatic heterocycles. The molecule has 2 aromatic rings. The first kappa shape index (κ1) is 16.7. The molecule has 0 saturated carbocycles. The number of fused-ring (bicyclic) bond motifs is 1. The summed E-state index contributed by atoms with van der Waals surface area (Å²) in [5, 5.41) is 12.8. The Kier molecular flexibility index (Phi) is 4.43. The molecule has 0 aliphatic carbocycles. The van der Waals surface area contributed by atoms with Gasteiger partial charge in [-0.25, -0.2) is 0 Å². The minimum Gasteiger partial charge on any atom is -0.469 e. The quantitative estimate of drug-likeness (QED) is 0.801. The van der Waals surface area contributed by atoms with Crippen LogP contribution in [0.3, 0.4) is 0 Å². The van der Waals surface area contributed by atoms with Crippen LogP contribution in [0.5, 0.6) is 0 Å². The zero-order valence-corrected chi connectivity index (χ0v) is 14.8. The SMILES string of the molecule is CCC1(C(=O)OC)CCN(c2cc(C(C)C)nn3cnnc23)CC1. The average Bonchev–Trinajstić information content (AvgIpc) is 3.08. The Labute approximate surface area is 142 Å². The van der Waals surface area contributed by atoms with E-state index in [1.165, 1.54) is 7.11 Å². The molecule has 1 fully saturated rings. The summed E-state index contributed by atoms with van der Waals surface area (Å²) in [5.74, 6) is 0.236. The van der Waals surface area contributed by atoms with E-state index in [0.29, 0.717) is 5.92 Å². The molecular weight excluding hydrogens is 306 g/mol. The Bertz CT molecular complexity index is 732. The van der Waals surface area contributed by atoms with E-state index < -0.39 is 0 Å². The molecule has 7 heteroatoms. The molecular formula is C17H25N5O2. The molecule has 3 heterocycles. The smallest absolute Gasteiger partial charge is 0.311 e. The van der Waals surface area contributed by atoms with Crippen LogP contribution in [0.1, 0.15) is 51.6 Å². The number of methoxy groups -OCH3 is 1. The fourth-order valence-corrected chi connectivity index (χ4v) is 3.44. The number of anilines is 1. The predicted octanol–water partition coefficient (Wildman–Crippen LogP) is 2.42. The molecule has 3 rings (SSSR count). The minimum absolute atomic E-state index is 0.0881. The summed E-state index contributed by atoms with van der Waals surface area (Å²) in [7, 11) is 1.48. The predicted molar refractivity (Wildman–Crippen MR) is 91.1 cm³/mol. The van der Waals surface area contributed by atoms with Crippen molar-refractivity contribution in [1.82, 2.24) is 19.8 Å². The molecule has 0 radical (unpaired) electrons. The van der Waals surface area contributed by atoms with Crippen LogP contribution < -0.4 is 4.90 Å². The van der Waals surface area contributed by atoms with Crippen LogP contribution in [-0.2, 0) is 9.53 Å². The van der Waals surface area contributed by atoms with Crippen molar-refractivity contribution in [3.8, 4) is 0 Å². The first-order chi connectivity index (χ1) is 11.5. The number of nitrogens with zero attached hydrogens (tertiary/aromatic N) is 5. The van der Waals surface area contributed by atoms with E-state index in [9.17, 15) is 4.79 Å². The average molecular weight is 331 g/mol. The van der Waals surface area contributed by atoms with Crippen LogP contribution in [-0.4, -0.2) is 46.0 Å². The number of carbonyl (C=O) groups is 1. The second kappa shape index (κ2) is 6.37. The second-order valence-electron chi connectivity index (χ2n) is 6.82. The van der Waals surface area contributed by atoms with Crippen molar-refractivity contribution in [2.24, 2.45) is 5.41 Å². The van der Waals surface area contributed by atoms with Crippen molar-refractivity contribution >= 4 is 17.3 Å². The highest BCUT2D eigenvalue weighted by atomic mass is 16.5. The number of piperidine rings is 1. The lowest BCUT2D eigenvalue weighted by Crippen LogP contribution is -2.45. The van der Waals surface area contributed by atoms with Crippen LogP contribution in [0.2, 0.25) is 0 Å². The minimum atomic E-state index is -0.358. The number of hydrogen-bond acceptors (Lipinski definition) is 6. The fourth-order valence-electron chi connectivity index (χ4n) is 3.44. The maximum Gasteiger partial charge on any atom is 0.311 e. The largest absolute Gasteiger partial charge is 0.469 e. The third-order valence-electron chi connectivity index (χ3n) is 5.22. The third kappa shape index (κ3) is 2.72. The Hall–Kier alpha value is -2.18. The van der Waals surface area contributed by atoms with E-state index >= 15 is 0 Å². The Morgan fingerprint density at radius 2 is 2.08 bits per heavy atom. The lowest BCUT2D eigenvalue weighted by atomic mass is 9.76. The zero-order valence-electron chi connectivity index (χ0n) is 14.8. The molecule has 130 valence electrons. The van der Waals surface area contributed by atoms with Gasteiger partial charge in [0.05, 0.1) is 23.9 Å². The van der Waals surface area contributed by atoms with Gasteiger partial charge in [0.15, 0.2) is 0 Å². The summed E-state index contributed by atoms with van der Waals surface area (Å²) >= 11 is 0. The zero-order chi connectivity index (χ0) is 17.3. The normalized spacial score (nSPS) is 17.5. The van der Waals surface area contributed by atoms with Gasteiger partial charge in [-0.05, 0) is 31.2 Å². The fraction of sp³-hybridized carbons (Fsp3) is 0.647. The van der Waals surface area contributed by atoms with E-state index in [0.717, 1.165) is 49.4 Å². The van der Waals surface area contributed by atoms with Crippen molar-refractivity contribution in [1.29, 1.82) is 0 Å². The maximum atomic E-state index is 12.2. The molecule has 0 atom stereocenters. The van der Waals surface area contributed by atoms with Gasteiger partial charge in [0.1, 0.15) is 6.33 Å². The van der Waals surface area contributed by atoms with Gasteiger partial charge in [0, 0.05) is 13.1 Å². The summed E-state index contributed by atoms with van der Waals surface area (Å²) in [6, 6.07) is 2.10. The van der Waals surface area contributed by atoms with E-state index in [4.69, 9.17) is 4.74 Å². The Morgan fingerprint density at radius 3 is 2.67 bits per heavy atom. The number of ether oxygens (including phenoxy) is 1. The molecule has 0 bridgehead atoms. The third-order valence-corrected chi connectivity index (χ3v) is 5.22. The highest BCUT2D eigenvalue weighted by Gasteiger charge is 2.41. The monoisotopic (exact) mass is 331 g/mol. The van der Waals surface area contributed by atoms with E-state index in [1.807, 2.05) is 0 Å².